The highest BCUT2D eigenvalue weighted by Crippen LogP contribution is 2.28. The van der Waals surface area contributed by atoms with Crippen LogP contribution >= 0.6 is 23.1 Å². The zero-order chi connectivity index (χ0) is 13.1. The summed E-state index contributed by atoms with van der Waals surface area (Å²) in [6.45, 7) is 6.47. The second-order valence-electron chi connectivity index (χ2n) is 4.18. The fraction of sp³-hybridized carbons (Fsp3) is 0.385. The summed E-state index contributed by atoms with van der Waals surface area (Å²) in [6, 6.07) is 4.49. The van der Waals surface area contributed by atoms with E-state index >= 15 is 0 Å². The molecule has 0 aromatic carbocycles. The minimum absolute atomic E-state index is 0.263. The molecule has 5 heteroatoms. The quantitative estimate of drug-likeness (QED) is 0.677. The van der Waals surface area contributed by atoms with Gasteiger partial charge in [0.25, 0.3) is 0 Å². The number of anilines is 1. The van der Waals surface area contributed by atoms with E-state index in [-0.39, 0.29) is 6.04 Å². The van der Waals surface area contributed by atoms with Gasteiger partial charge < -0.3 is 5.32 Å². The molecule has 0 saturated carbocycles. The molecule has 96 valence electrons. The van der Waals surface area contributed by atoms with Gasteiger partial charge in [-0.25, -0.2) is 9.97 Å². The number of aromatic nitrogens is 2. The summed E-state index contributed by atoms with van der Waals surface area (Å²) in [4.78, 5) is 11.1. The minimum atomic E-state index is 0.263. The molecule has 18 heavy (non-hydrogen) atoms. The van der Waals surface area contributed by atoms with Gasteiger partial charge >= 0.3 is 0 Å². The normalized spacial score (nSPS) is 12.4. The van der Waals surface area contributed by atoms with Crippen LogP contribution in [0, 0.1) is 13.8 Å². The molecule has 0 amide bonds. The predicted molar refractivity (Wildman–Crippen MR) is 79.6 cm³/mol. The lowest BCUT2D eigenvalue weighted by atomic mass is 10.1. The van der Waals surface area contributed by atoms with Crippen molar-refractivity contribution in [2.45, 2.75) is 31.8 Å². The number of hydrogen-bond acceptors (Lipinski definition) is 5. The lowest BCUT2D eigenvalue weighted by Crippen LogP contribution is -2.08. The molecule has 0 radical (unpaired) electrons. The lowest BCUT2D eigenvalue weighted by molar-refractivity contribution is 0.864. The molecular weight excluding hydrogens is 262 g/mol. The summed E-state index contributed by atoms with van der Waals surface area (Å²) in [5.74, 6) is 0.880. The first kappa shape index (κ1) is 13.4. The fourth-order valence-corrected chi connectivity index (χ4v) is 3.31. The Bertz CT molecular complexity index is 537. The summed E-state index contributed by atoms with van der Waals surface area (Å²) in [6.07, 6.45) is 3.62. The van der Waals surface area contributed by atoms with Gasteiger partial charge in [0.15, 0.2) is 0 Å². The van der Waals surface area contributed by atoms with Gasteiger partial charge in [0.05, 0.1) is 6.04 Å². The number of thiophene rings is 1. The fourth-order valence-electron chi connectivity index (χ4n) is 1.91. The summed E-state index contributed by atoms with van der Waals surface area (Å²) in [5, 5.41) is 4.41. The Morgan fingerprint density at radius 2 is 2.06 bits per heavy atom. The molecule has 0 aliphatic heterocycles. The molecule has 0 aliphatic carbocycles. The van der Waals surface area contributed by atoms with Gasteiger partial charge in [-0.05, 0) is 38.7 Å². The van der Waals surface area contributed by atoms with E-state index in [4.69, 9.17) is 0 Å². The molecule has 0 bridgehead atoms. The van der Waals surface area contributed by atoms with Gasteiger partial charge in [-0.2, -0.15) is 0 Å². The first-order valence-corrected chi connectivity index (χ1v) is 7.83. The van der Waals surface area contributed by atoms with Crippen molar-refractivity contribution in [3.63, 3.8) is 0 Å². The Morgan fingerprint density at radius 3 is 2.67 bits per heavy atom. The van der Waals surface area contributed by atoms with E-state index in [2.05, 4.69) is 42.1 Å². The number of nitrogens with zero attached hydrogens (tertiary/aromatic N) is 2. The Labute approximate surface area is 116 Å². The second-order valence-corrected chi connectivity index (χ2v) is 6.47. The van der Waals surface area contributed by atoms with Crippen LogP contribution in [0.2, 0.25) is 0 Å². The van der Waals surface area contributed by atoms with E-state index in [1.807, 2.05) is 23.7 Å². The van der Waals surface area contributed by atoms with E-state index in [1.54, 1.807) is 18.1 Å². The van der Waals surface area contributed by atoms with Crippen molar-refractivity contribution in [3.05, 3.63) is 33.8 Å². The van der Waals surface area contributed by atoms with Crippen LogP contribution in [-0.4, -0.2) is 16.2 Å². The molecule has 0 saturated heterocycles. The zero-order valence-corrected chi connectivity index (χ0v) is 12.7. The van der Waals surface area contributed by atoms with Crippen LogP contribution in [0.1, 0.15) is 28.3 Å². The Hall–Kier alpha value is -1.07. The van der Waals surface area contributed by atoms with Crippen molar-refractivity contribution in [1.29, 1.82) is 0 Å². The molecule has 2 aromatic heterocycles. The monoisotopic (exact) mass is 279 g/mol. The standard InChI is InChI=1S/C13H17N3S2/c1-8-5-11(10(3)18-8)9(2)16-12-6-13(17-4)15-7-14-12/h5-7,9H,1-4H3,(H,14,15,16). The third-order valence-corrected chi connectivity index (χ3v) is 4.38. The first-order chi connectivity index (χ1) is 8.60. The molecule has 2 heterocycles. The molecular formula is C13H17N3S2. The Balaban J connectivity index is 2.15. The SMILES string of the molecule is CSc1cc(NC(C)c2cc(C)sc2C)ncn1. The van der Waals surface area contributed by atoms with E-state index < -0.39 is 0 Å². The number of thioether (sulfide) groups is 1. The highest BCUT2D eigenvalue weighted by atomic mass is 32.2. The van der Waals surface area contributed by atoms with E-state index in [0.717, 1.165) is 10.8 Å². The smallest absolute Gasteiger partial charge is 0.130 e. The highest BCUT2D eigenvalue weighted by Gasteiger charge is 2.11. The van der Waals surface area contributed by atoms with Crippen molar-refractivity contribution in [1.82, 2.24) is 9.97 Å². The molecule has 3 nitrogen and oxygen atoms in total. The number of rotatable bonds is 4. The first-order valence-electron chi connectivity index (χ1n) is 5.79. The molecule has 1 atom stereocenters. The van der Waals surface area contributed by atoms with Gasteiger partial charge in [-0.1, -0.05) is 0 Å². The van der Waals surface area contributed by atoms with Crippen molar-refractivity contribution < 1.29 is 0 Å². The molecule has 0 aliphatic rings. The molecule has 1 N–H and O–H groups in total. The van der Waals surface area contributed by atoms with E-state index in [1.165, 1.54) is 15.3 Å². The van der Waals surface area contributed by atoms with Crippen molar-refractivity contribution in [2.24, 2.45) is 0 Å². The lowest BCUT2D eigenvalue weighted by Gasteiger charge is -2.14. The van der Waals surface area contributed by atoms with Crippen molar-refractivity contribution in [3.8, 4) is 0 Å². The van der Waals surface area contributed by atoms with E-state index in [9.17, 15) is 0 Å². The van der Waals surface area contributed by atoms with Crippen LogP contribution in [0.3, 0.4) is 0 Å². The maximum absolute atomic E-state index is 4.26. The van der Waals surface area contributed by atoms with Crippen molar-refractivity contribution in [2.75, 3.05) is 11.6 Å². The zero-order valence-electron chi connectivity index (χ0n) is 11.0. The summed E-state index contributed by atoms with van der Waals surface area (Å²) in [5.41, 5.74) is 1.35. The van der Waals surface area contributed by atoms with Gasteiger partial charge in [-0.3, -0.25) is 0 Å². The third-order valence-electron chi connectivity index (χ3n) is 2.76. The maximum atomic E-state index is 4.26. The van der Waals surface area contributed by atoms with Crippen molar-refractivity contribution >= 4 is 28.9 Å². The summed E-state index contributed by atoms with van der Waals surface area (Å²) in [7, 11) is 0. The summed E-state index contributed by atoms with van der Waals surface area (Å²) >= 11 is 3.46. The Kier molecular flexibility index (Phi) is 4.24. The van der Waals surface area contributed by atoms with Gasteiger partial charge in [0, 0.05) is 15.8 Å². The second kappa shape index (κ2) is 5.71. The van der Waals surface area contributed by atoms with E-state index in [0.29, 0.717) is 0 Å². The van der Waals surface area contributed by atoms with Gasteiger partial charge in [0.2, 0.25) is 0 Å². The Morgan fingerprint density at radius 1 is 1.28 bits per heavy atom. The third kappa shape index (κ3) is 3.03. The van der Waals surface area contributed by atoms with Crippen LogP contribution in [0.4, 0.5) is 5.82 Å². The van der Waals surface area contributed by atoms with Crippen LogP contribution in [0.25, 0.3) is 0 Å². The van der Waals surface area contributed by atoms with Crippen LogP contribution in [0.15, 0.2) is 23.5 Å². The molecule has 1 unspecified atom stereocenters. The highest BCUT2D eigenvalue weighted by molar-refractivity contribution is 7.98. The van der Waals surface area contributed by atoms with Crippen LogP contribution < -0.4 is 5.32 Å². The number of aryl methyl sites for hydroxylation is 2. The maximum Gasteiger partial charge on any atom is 0.130 e. The minimum Gasteiger partial charge on any atom is -0.363 e. The van der Waals surface area contributed by atoms with Gasteiger partial charge in [-0.15, -0.1) is 23.1 Å². The molecule has 2 aromatic rings. The molecule has 0 spiro atoms. The predicted octanol–water partition coefficient (Wildman–Crippen LogP) is 4.05. The topological polar surface area (TPSA) is 37.8 Å². The number of nitrogens with one attached hydrogen (secondary N) is 1. The average molecular weight is 279 g/mol. The number of hydrogen-bond donors (Lipinski definition) is 1. The molecule has 0 fully saturated rings. The van der Waals surface area contributed by atoms with Crippen LogP contribution in [-0.2, 0) is 0 Å². The summed E-state index contributed by atoms with van der Waals surface area (Å²) < 4.78 is 0. The average Bonchev–Trinajstić information content (AvgIpc) is 2.69. The van der Waals surface area contributed by atoms with Crippen LogP contribution in [0.5, 0.6) is 0 Å². The molecule has 2 rings (SSSR count). The largest absolute Gasteiger partial charge is 0.363 e. The van der Waals surface area contributed by atoms with Gasteiger partial charge in [0.1, 0.15) is 17.2 Å².